The van der Waals surface area contributed by atoms with Crippen molar-refractivity contribution in [3.05, 3.63) is 33.5 Å². The van der Waals surface area contributed by atoms with Gasteiger partial charge in [-0.15, -0.1) is 21.5 Å². The predicted octanol–water partition coefficient (Wildman–Crippen LogP) is 6.08. The monoisotopic (exact) mass is 497 g/mol. The van der Waals surface area contributed by atoms with E-state index in [0.717, 1.165) is 37.5 Å². The average Bonchev–Trinajstić information content (AvgIpc) is 3.52. The second-order valence-corrected chi connectivity index (χ2v) is 12.5. The molecule has 3 atom stereocenters. The Bertz CT molecular complexity index is 993. The summed E-state index contributed by atoms with van der Waals surface area (Å²) in [5, 5.41) is 14.6. The van der Waals surface area contributed by atoms with Crippen molar-refractivity contribution in [3.8, 4) is 0 Å². The van der Waals surface area contributed by atoms with Crippen LogP contribution in [0.15, 0.2) is 11.4 Å². The van der Waals surface area contributed by atoms with Gasteiger partial charge in [-0.05, 0) is 75.8 Å². The van der Waals surface area contributed by atoms with Gasteiger partial charge in [0.1, 0.15) is 11.6 Å². The first-order chi connectivity index (χ1) is 16.9. The van der Waals surface area contributed by atoms with E-state index < -0.39 is 0 Å². The second kappa shape index (κ2) is 10.7. The van der Waals surface area contributed by atoms with Gasteiger partial charge in [0.15, 0.2) is 0 Å². The Kier molecular flexibility index (Phi) is 7.63. The summed E-state index contributed by atoms with van der Waals surface area (Å²) in [5.74, 6) is 3.09. The van der Waals surface area contributed by atoms with Crippen LogP contribution in [0.1, 0.15) is 118 Å². The number of nitrogens with zero attached hydrogens (tertiary/aromatic N) is 4. The summed E-state index contributed by atoms with van der Waals surface area (Å²) in [6.07, 6.45) is 11.7. The Morgan fingerprint density at radius 2 is 1.77 bits per heavy atom. The normalized spacial score (nSPS) is 26.4. The van der Waals surface area contributed by atoms with Gasteiger partial charge in [0.2, 0.25) is 5.91 Å². The van der Waals surface area contributed by atoms with Crippen LogP contribution >= 0.6 is 11.3 Å². The average molecular weight is 498 g/mol. The predicted molar refractivity (Wildman–Crippen MR) is 142 cm³/mol. The minimum atomic E-state index is 0.132. The fourth-order valence-electron chi connectivity index (χ4n) is 6.91. The smallest absolute Gasteiger partial charge is 0.223 e. The molecule has 3 fully saturated rings. The number of hydrogen-bond donors (Lipinski definition) is 1. The van der Waals surface area contributed by atoms with Crippen molar-refractivity contribution in [2.45, 2.75) is 122 Å². The molecule has 1 aliphatic carbocycles. The second-order valence-electron chi connectivity index (χ2n) is 11.6. The van der Waals surface area contributed by atoms with Crippen LogP contribution < -0.4 is 5.32 Å². The van der Waals surface area contributed by atoms with E-state index in [1.165, 1.54) is 55.4 Å². The zero-order valence-electron chi connectivity index (χ0n) is 22.0. The van der Waals surface area contributed by atoms with Gasteiger partial charge >= 0.3 is 0 Å². The summed E-state index contributed by atoms with van der Waals surface area (Å²) in [6.45, 7) is 9.77. The molecule has 1 amide bonds. The zero-order chi connectivity index (χ0) is 24.5. The molecule has 1 N–H and O–H groups in total. The first kappa shape index (κ1) is 24.9. The SMILES string of the molecule is Cc1csc([C@H](CCN2C3CCC2CC(n2c(C)nnc2C(C)C)C3)NC(=O)C2CCCCC2)c1. The minimum absolute atomic E-state index is 0.132. The molecule has 192 valence electrons. The Morgan fingerprint density at radius 1 is 1.06 bits per heavy atom. The van der Waals surface area contributed by atoms with Crippen LogP contribution in [0.3, 0.4) is 0 Å². The summed E-state index contributed by atoms with van der Waals surface area (Å²) in [7, 11) is 0. The van der Waals surface area contributed by atoms with Crippen molar-refractivity contribution >= 4 is 17.2 Å². The lowest BCUT2D eigenvalue weighted by atomic mass is 9.88. The van der Waals surface area contributed by atoms with E-state index in [9.17, 15) is 4.79 Å². The largest absolute Gasteiger partial charge is 0.348 e. The number of hydrogen-bond acceptors (Lipinski definition) is 5. The first-order valence-electron chi connectivity index (χ1n) is 13.9. The number of aromatic nitrogens is 3. The molecule has 5 rings (SSSR count). The third kappa shape index (κ3) is 5.36. The van der Waals surface area contributed by atoms with Gasteiger partial charge < -0.3 is 9.88 Å². The maximum absolute atomic E-state index is 13.1. The lowest BCUT2D eigenvalue weighted by Gasteiger charge is -2.40. The highest BCUT2D eigenvalue weighted by molar-refractivity contribution is 7.10. The molecule has 6 nitrogen and oxygen atoms in total. The van der Waals surface area contributed by atoms with Crippen molar-refractivity contribution < 1.29 is 4.79 Å². The van der Waals surface area contributed by atoms with Gasteiger partial charge in [0, 0.05) is 41.4 Å². The number of carbonyl (C=O) groups is 1. The molecular formula is C28H43N5OS. The minimum Gasteiger partial charge on any atom is -0.348 e. The summed E-state index contributed by atoms with van der Waals surface area (Å²) in [4.78, 5) is 17.2. The molecule has 2 bridgehead atoms. The van der Waals surface area contributed by atoms with Crippen molar-refractivity contribution in [1.29, 1.82) is 0 Å². The highest BCUT2D eigenvalue weighted by Crippen LogP contribution is 2.42. The van der Waals surface area contributed by atoms with Gasteiger partial charge in [0.05, 0.1) is 6.04 Å². The number of carbonyl (C=O) groups excluding carboxylic acids is 1. The molecule has 2 unspecified atom stereocenters. The topological polar surface area (TPSA) is 63.1 Å². The molecule has 3 aliphatic rings. The molecule has 4 heterocycles. The van der Waals surface area contributed by atoms with Crippen LogP contribution in [-0.4, -0.2) is 44.2 Å². The maximum Gasteiger partial charge on any atom is 0.223 e. The first-order valence-corrected chi connectivity index (χ1v) is 14.8. The third-order valence-electron chi connectivity index (χ3n) is 8.70. The van der Waals surface area contributed by atoms with Crippen LogP contribution in [0.4, 0.5) is 0 Å². The number of piperidine rings is 1. The molecule has 2 aromatic rings. The standard InChI is InChI=1S/C28H43N5OS/c1-18(2)27-31-30-20(4)33(27)24-15-22-10-11-23(16-24)32(22)13-12-25(26-14-19(3)17-35-26)29-28(34)21-8-6-5-7-9-21/h14,17-18,21-25H,5-13,15-16H2,1-4H3,(H,29,34)/t22?,23?,24?,25-/m0/s1. The Morgan fingerprint density at radius 3 is 2.40 bits per heavy atom. The van der Waals surface area contributed by atoms with Gasteiger partial charge in [-0.25, -0.2) is 0 Å². The van der Waals surface area contributed by atoms with Crippen LogP contribution in [0.25, 0.3) is 0 Å². The molecule has 35 heavy (non-hydrogen) atoms. The molecular weight excluding hydrogens is 454 g/mol. The van der Waals surface area contributed by atoms with E-state index >= 15 is 0 Å². The number of aryl methyl sites for hydroxylation is 2. The maximum atomic E-state index is 13.1. The Balaban J connectivity index is 1.25. The number of fused-ring (bicyclic) bond motifs is 2. The van der Waals surface area contributed by atoms with Crippen molar-refractivity contribution in [1.82, 2.24) is 25.0 Å². The van der Waals surface area contributed by atoms with Crippen LogP contribution in [-0.2, 0) is 4.79 Å². The molecule has 0 aromatic carbocycles. The van der Waals surface area contributed by atoms with Gasteiger partial charge in [-0.1, -0.05) is 33.1 Å². The lowest BCUT2D eigenvalue weighted by Crippen LogP contribution is -2.45. The van der Waals surface area contributed by atoms with E-state index in [1.54, 1.807) is 11.3 Å². The van der Waals surface area contributed by atoms with E-state index in [2.05, 4.69) is 64.1 Å². The number of rotatable bonds is 8. The van der Waals surface area contributed by atoms with Crippen molar-refractivity contribution in [2.24, 2.45) is 5.92 Å². The summed E-state index contributed by atoms with van der Waals surface area (Å²) in [6, 6.07) is 4.17. The van der Waals surface area contributed by atoms with Gasteiger partial charge in [-0.2, -0.15) is 0 Å². The van der Waals surface area contributed by atoms with Crippen LogP contribution in [0, 0.1) is 19.8 Å². The summed E-state index contributed by atoms with van der Waals surface area (Å²) < 4.78 is 2.44. The van der Waals surface area contributed by atoms with E-state index in [0.29, 0.717) is 24.0 Å². The molecule has 7 heteroatoms. The van der Waals surface area contributed by atoms with E-state index in [4.69, 9.17) is 0 Å². The van der Waals surface area contributed by atoms with Gasteiger partial charge in [-0.3, -0.25) is 9.69 Å². The quantitative estimate of drug-likeness (QED) is 0.480. The molecule has 1 saturated carbocycles. The fourth-order valence-corrected chi connectivity index (χ4v) is 7.89. The van der Waals surface area contributed by atoms with Crippen molar-refractivity contribution in [2.75, 3.05) is 6.54 Å². The van der Waals surface area contributed by atoms with E-state index in [1.807, 2.05) is 0 Å². The van der Waals surface area contributed by atoms with Gasteiger partial charge in [0.25, 0.3) is 0 Å². The lowest BCUT2D eigenvalue weighted by molar-refractivity contribution is -0.126. The van der Waals surface area contributed by atoms with Crippen molar-refractivity contribution in [3.63, 3.8) is 0 Å². The summed E-state index contributed by atoms with van der Waals surface area (Å²) in [5.41, 5.74) is 1.30. The fraction of sp³-hybridized carbons (Fsp3) is 0.750. The zero-order valence-corrected chi connectivity index (χ0v) is 22.8. The number of amides is 1. The Labute approximate surface area is 214 Å². The molecule has 2 aliphatic heterocycles. The highest BCUT2D eigenvalue weighted by atomic mass is 32.1. The number of nitrogens with one attached hydrogen (secondary N) is 1. The Hall–Kier alpha value is -1.73. The highest BCUT2D eigenvalue weighted by Gasteiger charge is 2.42. The van der Waals surface area contributed by atoms with Crippen LogP contribution in [0.2, 0.25) is 0 Å². The molecule has 0 radical (unpaired) electrons. The van der Waals surface area contributed by atoms with Crippen LogP contribution in [0.5, 0.6) is 0 Å². The third-order valence-corrected chi connectivity index (χ3v) is 9.86. The summed E-state index contributed by atoms with van der Waals surface area (Å²) >= 11 is 1.80. The molecule has 2 saturated heterocycles. The molecule has 2 aromatic heterocycles. The molecule has 0 spiro atoms. The number of thiophene rings is 1. The van der Waals surface area contributed by atoms with E-state index in [-0.39, 0.29) is 17.9 Å².